The molecule has 0 aliphatic carbocycles. The molecule has 2 aliphatic rings. The van der Waals surface area contributed by atoms with Gasteiger partial charge in [0.2, 0.25) is 0 Å². The van der Waals surface area contributed by atoms with Gasteiger partial charge in [0, 0.05) is 30.9 Å². The molecule has 1 aromatic carbocycles. The van der Waals surface area contributed by atoms with Crippen molar-refractivity contribution < 1.29 is 13.2 Å². The quantitative estimate of drug-likeness (QED) is 0.902. The van der Waals surface area contributed by atoms with Gasteiger partial charge in [-0.2, -0.15) is 11.8 Å². The first-order valence-electron chi connectivity index (χ1n) is 7.04. The average Bonchev–Trinajstić information content (AvgIpc) is 2.46. The van der Waals surface area contributed by atoms with E-state index in [1.54, 1.807) is 11.8 Å². The largest absolute Gasteiger partial charge is 0.485 e. The monoisotopic (exact) mass is 328 g/mol. The Balaban J connectivity index is 1.69. The number of hydrogen-bond donors (Lipinski definition) is 1. The summed E-state index contributed by atoms with van der Waals surface area (Å²) in [4.78, 5) is 2.05. The Kier molecular flexibility index (Phi) is 4.33. The minimum atomic E-state index is -3.06. The third-order valence-corrected chi connectivity index (χ3v) is 6.51. The van der Waals surface area contributed by atoms with Gasteiger partial charge in [-0.15, -0.1) is 0 Å². The molecule has 0 aromatic heterocycles. The molecule has 0 amide bonds. The Morgan fingerprint density at radius 2 is 2.24 bits per heavy atom. The van der Waals surface area contributed by atoms with Crippen molar-refractivity contribution in [1.82, 2.24) is 4.90 Å². The molecule has 2 aliphatic heterocycles. The topological polar surface area (TPSA) is 58.6 Å². The minimum absolute atomic E-state index is 0.0211. The maximum atomic E-state index is 11.9. The second-order valence-corrected chi connectivity index (χ2v) is 8.82. The number of benzene rings is 1. The van der Waals surface area contributed by atoms with Crippen molar-refractivity contribution in [3.05, 3.63) is 24.3 Å². The van der Waals surface area contributed by atoms with Crippen LogP contribution < -0.4 is 10.1 Å². The van der Waals surface area contributed by atoms with Crippen molar-refractivity contribution in [1.29, 1.82) is 0 Å². The van der Waals surface area contributed by atoms with E-state index < -0.39 is 15.2 Å². The molecule has 116 valence electrons. The van der Waals surface area contributed by atoms with Crippen molar-refractivity contribution >= 4 is 27.3 Å². The Labute approximate surface area is 130 Å². The van der Waals surface area contributed by atoms with Gasteiger partial charge in [-0.25, -0.2) is 8.42 Å². The maximum absolute atomic E-state index is 11.9. The van der Waals surface area contributed by atoms with Crippen LogP contribution in [-0.4, -0.2) is 62.2 Å². The van der Waals surface area contributed by atoms with Gasteiger partial charge < -0.3 is 10.1 Å². The van der Waals surface area contributed by atoms with E-state index in [9.17, 15) is 8.42 Å². The van der Waals surface area contributed by atoms with Crippen molar-refractivity contribution in [3.8, 4) is 5.75 Å². The zero-order chi connectivity index (χ0) is 14.9. The number of fused-ring (bicyclic) bond motifs is 1. The fourth-order valence-corrected chi connectivity index (χ4v) is 5.70. The summed E-state index contributed by atoms with van der Waals surface area (Å²) in [6, 6.07) is 7.84. The van der Waals surface area contributed by atoms with E-state index in [4.69, 9.17) is 4.74 Å². The van der Waals surface area contributed by atoms with Crippen molar-refractivity contribution in [3.63, 3.8) is 0 Å². The van der Waals surface area contributed by atoms with E-state index in [-0.39, 0.29) is 6.10 Å². The zero-order valence-electron chi connectivity index (χ0n) is 12.0. The van der Waals surface area contributed by atoms with Crippen LogP contribution in [0.1, 0.15) is 0 Å². The first kappa shape index (κ1) is 15.0. The zero-order valence-corrected chi connectivity index (χ0v) is 13.6. The molecular weight excluding hydrogens is 308 g/mol. The highest BCUT2D eigenvalue weighted by atomic mass is 32.2. The third kappa shape index (κ3) is 3.46. The number of hydrogen-bond acceptors (Lipinski definition) is 6. The molecular formula is C14H20N2O3S2. The van der Waals surface area contributed by atoms with Crippen LogP contribution in [0.25, 0.3) is 0 Å². The highest BCUT2D eigenvalue weighted by Crippen LogP contribution is 2.29. The highest BCUT2D eigenvalue weighted by Gasteiger charge is 2.33. The molecule has 2 atom stereocenters. The summed E-state index contributed by atoms with van der Waals surface area (Å²) in [5.74, 6) is 2.47. The lowest BCUT2D eigenvalue weighted by atomic mass is 10.2. The molecule has 7 heteroatoms. The Morgan fingerprint density at radius 3 is 3.05 bits per heavy atom. The lowest BCUT2D eigenvalue weighted by molar-refractivity contribution is 0.133. The minimum Gasteiger partial charge on any atom is -0.485 e. The molecule has 1 aromatic rings. The van der Waals surface area contributed by atoms with Gasteiger partial charge in [-0.1, -0.05) is 12.1 Å². The predicted octanol–water partition coefficient (Wildman–Crippen LogP) is 1.28. The van der Waals surface area contributed by atoms with Crippen LogP contribution in [0, 0.1) is 0 Å². The number of nitrogens with one attached hydrogen (secondary N) is 1. The lowest BCUT2D eigenvalue weighted by Crippen LogP contribution is -2.52. The molecule has 1 N–H and O–H groups in total. The normalized spacial score (nSPS) is 26.5. The fraction of sp³-hybridized carbons (Fsp3) is 0.571. The third-order valence-electron chi connectivity index (χ3n) is 3.82. The van der Waals surface area contributed by atoms with Crippen molar-refractivity contribution in [2.75, 3.05) is 42.7 Å². The molecule has 21 heavy (non-hydrogen) atoms. The van der Waals surface area contributed by atoms with Crippen LogP contribution in [0.5, 0.6) is 5.75 Å². The average molecular weight is 328 g/mol. The smallest absolute Gasteiger partial charge is 0.164 e. The van der Waals surface area contributed by atoms with E-state index >= 15 is 0 Å². The maximum Gasteiger partial charge on any atom is 0.164 e. The summed E-state index contributed by atoms with van der Waals surface area (Å²) in [7, 11) is -3.06. The molecule has 0 radical (unpaired) electrons. The van der Waals surface area contributed by atoms with Gasteiger partial charge >= 0.3 is 0 Å². The SMILES string of the molecule is CS(=O)(=O)C1CSCCN1CC1CNc2ccccc2O1. The van der Waals surface area contributed by atoms with Gasteiger partial charge in [0.15, 0.2) is 9.84 Å². The van der Waals surface area contributed by atoms with E-state index in [0.29, 0.717) is 18.8 Å². The van der Waals surface area contributed by atoms with Gasteiger partial charge in [0.1, 0.15) is 17.2 Å². The summed E-state index contributed by atoms with van der Waals surface area (Å²) in [5, 5.41) is 2.96. The van der Waals surface area contributed by atoms with E-state index in [1.807, 2.05) is 29.2 Å². The number of rotatable bonds is 3. The van der Waals surface area contributed by atoms with Crippen LogP contribution in [0.2, 0.25) is 0 Å². The first-order valence-corrected chi connectivity index (χ1v) is 10.2. The van der Waals surface area contributed by atoms with Crippen LogP contribution in [0.3, 0.4) is 0 Å². The summed E-state index contributed by atoms with van der Waals surface area (Å²) < 4.78 is 29.8. The van der Waals surface area contributed by atoms with Crippen molar-refractivity contribution in [2.45, 2.75) is 11.5 Å². The summed E-state index contributed by atoms with van der Waals surface area (Å²) in [5.41, 5.74) is 1.00. The lowest BCUT2D eigenvalue weighted by Gasteiger charge is -2.37. The first-order chi connectivity index (χ1) is 10.0. The summed E-state index contributed by atoms with van der Waals surface area (Å²) in [6.07, 6.45) is 1.30. The van der Waals surface area contributed by atoms with Crippen LogP contribution in [-0.2, 0) is 9.84 Å². The van der Waals surface area contributed by atoms with Gasteiger partial charge in [0.25, 0.3) is 0 Å². The molecule has 1 saturated heterocycles. The summed E-state index contributed by atoms with van der Waals surface area (Å²) in [6.45, 7) is 2.14. The molecule has 5 nitrogen and oxygen atoms in total. The van der Waals surface area contributed by atoms with E-state index in [1.165, 1.54) is 6.26 Å². The highest BCUT2D eigenvalue weighted by molar-refractivity contribution is 8.00. The van der Waals surface area contributed by atoms with E-state index in [0.717, 1.165) is 23.7 Å². The van der Waals surface area contributed by atoms with Crippen LogP contribution in [0.4, 0.5) is 5.69 Å². The Hall–Kier alpha value is -0.920. The number of nitrogens with zero attached hydrogens (tertiary/aromatic N) is 1. The molecule has 3 rings (SSSR count). The number of thioether (sulfide) groups is 1. The molecule has 0 bridgehead atoms. The molecule has 0 spiro atoms. The van der Waals surface area contributed by atoms with Gasteiger partial charge in [-0.05, 0) is 12.1 Å². The van der Waals surface area contributed by atoms with Crippen molar-refractivity contribution in [2.24, 2.45) is 0 Å². The van der Waals surface area contributed by atoms with Gasteiger partial charge in [-0.3, -0.25) is 4.90 Å². The number of anilines is 1. The second kappa shape index (κ2) is 6.06. The second-order valence-electron chi connectivity index (χ2n) is 5.47. The van der Waals surface area contributed by atoms with E-state index in [2.05, 4.69) is 5.32 Å². The molecule has 2 unspecified atom stereocenters. The summed E-state index contributed by atoms with van der Waals surface area (Å²) >= 11 is 1.71. The Morgan fingerprint density at radius 1 is 1.43 bits per heavy atom. The van der Waals surface area contributed by atoms with Gasteiger partial charge in [0.05, 0.1) is 12.2 Å². The standard InChI is InChI=1S/C14H20N2O3S2/c1-21(17,18)14-10-20-7-6-16(14)9-11-8-15-12-4-2-3-5-13(12)19-11/h2-5,11,14-15H,6-10H2,1H3. The molecule has 0 saturated carbocycles. The number of sulfone groups is 1. The Bertz CT molecular complexity index is 606. The van der Waals surface area contributed by atoms with Crippen LogP contribution in [0.15, 0.2) is 24.3 Å². The predicted molar refractivity (Wildman–Crippen MR) is 86.9 cm³/mol. The molecule has 1 fully saturated rings. The number of para-hydroxylation sites is 2. The fourth-order valence-electron chi connectivity index (χ4n) is 2.74. The number of ether oxygens (including phenoxy) is 1. The van der Waals surface area contributed by atoms with Crippen LogP contribution >= 0.6 is 11.8 Å². The molecule has 2 heterocycles.